The summed E-state index contributed by atoms with van der Waals surface area (Å²) in [6, 6.07) is 12.4. The Bertz CT molecular complexity index is 812. The van der Waals surface area contributed by atoms with E-state index in [0.717, 1.165) is 25.1 Å². The van der Waals surface area contributed by atoms with E-state index in [1.165, 1.54) is 0 Å². The molecule has 1 saturated heterocycles. The molecule has 1 atom stereocenters. The van der Waals surface area contributed by atoms with E-state index < -0.39 is 0 Å². The molecule has 116 valence electrons. The van der Waals surface area contributed by atoms with Crippen LogP contribution in [-0.2, 0) is 0 Å². The molecule has 1 aliphatic carbocycles. The van der Waals surface area contributed by atoms with Crippen molar-refractivity contribution < 1.29 is 14.7 Å². The number of aliphatic hydroxyl groups is 1. The van der Waals surface area contributed by atoms with E-state index in [-0.39, 0.29) is 24.2 Å². The average molecular weight is 307 g/mol. The average Bonchev–Trinajstić information content (AvgIpc) is 3.07. The molecule has 0 amide bonds. The molecule has 1 aliphatic heterocycles. The van der Waals surface area contributed by atoms with Crippen molar-refractivity contribution in [2.75, 3.05) is 18.1 Å². The molecule has 1 heterocycles. The molecule has 4 nitrogen and oxygen atoms in total. The molecule has 1 fully saturated rings. The number of rotatable bonds is 2. The lowest BCUT2D eigenvalue weighted by Gasteiger charge is -2.29. The number of fused-ring (bicyclic) bond motifs is 2. The van der Waals surface area contributed by atoms with Gasteiger partial charge in [0.15, 0.2) is 11.6 Å². The first kappa shape index (κ1) is 14.2. The zero-order valence-corrected chi connectivity index (χ0v) is 12.7. The van der Waals surface area contributed by atoms with Gasteiger partial charge in [0, 0.05) is 28.9 Å². The highest BCUT2D eigenvalue weighted by molar-refractivity contribution is 6.30. The van der Waals surface area contributed by atoms with Gasteiger partial charge in [-0.25, -0.2) is 0 Å². The third-order valence-electron chi connectivity index (χ3n) is 4.83. The fraction of sp³-hybridized carbons (Fsp3) is 0.263. The first-order valence-electron chi connectivity index (χ1n) is 7.91. The lowest BCUT2D eigenvalue weighted by Crippen LogP contribution is -2.34. The van der Waals surface area contributed by atoms with Crippen LogP contribution in [0.25, 0.3) is 0 Å². The van der Waals surface area contributed by atoms with E-state index >= 15 is 0 Å². The van der Waals surface area contributed by atoms with E-state index in [9.17, 15) is 14.7 Å². The van der Waals surface area contributed by atoms with Gasteiger partial charge in [-0.05, 0) is 18.9 Å². The molecular weight excluding hydrogens is 290 g/mol. The Morgan fingerprint density at radius 3 is 2.39 bits per heavy atom. The van der Waals surface area contributed by atoms with Crippen molar-refractivity contribution in [2.24, 2.45) is 0 Å². The summed E-state index contributed by atoms with van der Waals surface area (Å²) in [4.78, 5) is 27.8. The van der Waals surface area contributed by atoms with Gasteiger partial charge in [0.05, 0.1) is 18.2 Å². The smallest absolute Gasteiger partial charge is 0.196 e. The Hall–Kier alpha value is -2.46. The van der Waals surface area contributed by atoms with E-state index in [0.29, 0.717) is 22.3 Å². The molecule has 0 bridgehead atoms. The summed E-state index contributed by atoms with van der Waals surface area (Å²) in [7, 11) is 0. The number of carbonyl (C=O) groups excluding carboxylic acids is 2. The second kappa shape index (κ2) is 5.32. The zero-order chi connectivity index (χ0) is 16.0. The molecular formula is C19H17NO3. The lowest BCUT2D eigenvalue weighted by molar-refractivity contribution is 0.0979. The van der Waals surface area contributed by atoms with Crippen LogP contribution in [0.4, 0.5) is 5.69 Å². The summed E-state index contributed by atoms with van der Waals surface area (Å²) in [5.74, 6) is -0.203. The number of anilines is 1. The lowest BCUT2D eigenvalue weighted by atomic mass is 9.83. The maximum Gasteiger partial charge on any atom is 0.196 e. The molecule has 0 unspecified atom stereocenters. The summed E-state index contributed by atoms with van der Waals surface area (Å²) in [6.07, 6.45) is 1.88. The standard InChI is InChI=1S/C19H17NO3/c21-11-12-5-4-10-20(12)16-9-3-8-15-17(16)19(23)14-7-2-1-6-13(14)18(15)22/h1-3,6-9,12,21H,4-5,10-11H2/t12-/m0/s1. The third kappa shape index (κ3) is 2.02. The van der Waals surface area contributed by atoms with Gasteiger partial charge in [-0.1, -0.05) is 36.4 Å². The molecule has 4 rings (SSSR count). The van der Waals surface area contributed by atoms with Crippen LogP contribution in [0.15, 0.2) is 42.5 Å². The van der Waals surface area contributed by atoms with Crippen molar-refractivity contribution in [3.63, 3.8) is 0 Å². The molecule has 4 heteroatoms. The third-order valence-corrected chi connectivity index (χ3v) is 4.83. The number of nitrogens with zero attached hydrogens (tertiary/aromatic N) is 1. The van der Waals surface area contributed by atoms with Crippen molar-refractivity contribution in [1.29, 1.82) is 0 Å². The van der Waals surface area contributed by atoms with Gasteiger partial charge < -0.3 is 10.0 Å². The number of benzene rings is 2. The van der Waals surface area contributed by atoms with Crippen molar-refractivity contribution in [2.45, 2.75) is 18.9 Å². The molecule has 23 heavy (non-hydrogen) atoms. The van der Waals surface area contributed by atoms with Crippen molar-refractivity contribution in [1.82, 2.24) is 0 Å². The Morgan fingerprint density at radius 1 is 0.957 bits per heavy atom. The highest BCUT2D eigenvalue weighted by Crippen LogP contribution is 2.36. The van der Waals surface area contributed by atoms with E-state index in [4.69, 9.17) is 0 Å². The molecule has 0 aromatic heterocycles. The number of aliphatic hydroxyl groups excluding tert-OH is 1. The van der Waals surface area contributed by atoms with Crippen molar-refractivity contribution in [3.8, 4) is 0 Å². The second-order valence-electron chi connectivity index (χ2n) is 6.08. The predicted molar refractivity (Wildman–Crippen MR) is 87.2 cm³/mol. The van der Waals surface area contributed by atoms with Gasteiger partial charge in [0.25, 0.3) is 0 Å². The summed E-state index contributed by atoms with van der Waals surface area (Å²) in [5.41, 5.74) is 2.66. The second-order valence-corrected chi connectivity index (χ2v) is 6.08. The quantitative estimate of drug-likeness (QED) is 0.790. The molecule has 0 radical (unpaired) electrons. The van der Waals surface area contributed by atoms with E-state index in [1.54, 1.807) is 30.3 Å². The van der Waals surface area contributed by atoms with Crippen LogP contribution in [0.2, 0.25) is 0 Å². The van der Waals surface area contributed by atoms with Crippen LogP contribution in [0.3, 0.4) is 0 Å². The van der Waals surface area contributed by atoms with Crippen molar-refractivity contribution in [3.05, 3.63) is 64.7 Å². The SMILES string of the molecule is O=C1c2ccccc2C(=O)c2c1cccc2N1CCC[C@H]1CO. The number of carbonyl (C=O) groups is 2. The normalized spacial score (nSPS) is 19.7. The Morgan fingerprint density at radius 2 is 1.65 bits per heavy atom. The molecule has 1 N–H and O–H groups in total. The Labute approximate surface area is 134 Å². The number of hydrogen-bond acceptors (Lipinski definition) is 4. The fourth-order valence-corrected chi connectivity index (χ4v) is 3.71. The highest BCUT2D eigenvalue weighted by Gasteiger charge is 2.34. The monoisotopic (exact) mass is 307 g/mol. The summed E-state index contributed by atoms with van der Waals surface area (Å²) in [6.45, 7) is 0.854. The van der Waals surface area contributed by atoms with Gasteiger partial charge in [0.1, 0.15) is 0 Å². The van der Waals surface area contributed by atoms with Gasteiger partial charge in [0.2, 0.25) is 0 Å². The van der Waals surface area contributed by atoms with Crippen LogP contribution in [-0.4, -0.2) is 35.9 Å². The Kier molecular flexibility index (Phi) is 3.27. The topological polar surface area (TPSA) is 57.6 Å². The largest absolute Gasteiger partial charge is 0.394 e. The van der Waals surface area contributed by atoms with Crippen LogP contribution in [0.1, 0.15) is 44.7 Å². The van der Waals surface area contributed by atoms with Gasteiger partial charge >= 0.3 is 0 Å². The number of ketones is 2. The summed E-state index contributed by atoms with van der Waals surface area (Å²) in [5, 5.41) is 9.58. The minimum atomic E-state index is -0.102. The minimum absolute atomic E-state index is 0.0153. The molecule has 2 aromatic rings. The Balaban J connectivity index is 1.90. The van der Waals surface area contributed by atoms with E-state index in [1.807, 2.05) is 12.1 Å². The zero-order valence-electron chi connectivity index (χ0n) is 12.7. The minimum Gasteiger partial charge on any atom is -0.394 e. The summed E-state index contributed by atoms with van der Waals surface area (Å²) >= 11 is 0. The van der Waals surface area contributed by atoms with E-state index in [2.05, 4.69) is 4.90 Å². The molecule has 2 aromatic carbocycles. The molecule has 2 aliphatic rings. The van der Waals surface area contributed by atoms with Crippen LogP contribution < -0.4 is 4.90 Å². The first-order chi connectivity index (χ1) is 11.2. The van der Waals surface area contributed by atoms with Crippen molar-refractivity contribution >= 4 is 17.3 Å². The molecule has 0 spiro atoms. The first-order valence-corrected chi connectivity index (χ1v) is 7.91. The fourth-order valence-electron chi connectivity index (χ4n) is 3.71. The summed E-state index contributed by atoms with van der Waals surface area (Å²) < 4.78 is 0. The predicted octanol–water partition coefficient (Wildman–Crippen LogP) is 2.42. The maximum atomic E-state index is 13.0. The number of hydrogen-bond donors (Lipinski definition) is 1. The van der Waals surface area contributed by atoms with Crippen LogP contribution in [0, 0.1) is 0 Å². The van der Waals surface area contributed by atoms with Gasteiger partial charge in [-0.2, -0.15) is 0 Å². The van der Waals surface area contributed by atoms with Gasteiger partial charge in [-0.3, -0.25) is 9.59 Å². The molecule has 0 saturated carbocycles. The van der Waals surface area contributed by atoms with Crippen LogP contribution >= 0.6 is 0 Å². The maximum absolute atomic E-state index is 13.0. The van der Waals surface area contributed by atoms with Crippen LogP contribution in [0.5, 0.6) is 0 Å². The highest BCUT2D eigenvalue weighted by atomic mass is 16.3. The van der Waals surface area contributed by atoms with Gasteiger partial charge in [-0.15, -0.1) is 0 Å².